The summed E-state index contributed by atoms with van der Waals surface area (Å²) in [4.78, 5) is 0. The monoisotopic (exact) mass is 269 g/mol. The highest BCUT2D eigenvalue weighted by molar-refractivity contribution is 8.00. The molecule has 0 aromatic rings. The maximum atomic E-state index is 12.0. The first kappa shape index (κ1) is 15.2. The maximum absolute atomic E-state index is 12.0. The van der Waals surface area contributed by atoms with E-state index in [2.05, 4.69) is 19.2 Å². The molecule has 0 radical (unpaired) electrons. The van der Waals surface area contributed by atoms with Crippen molar-refractivity contribution in [2.24, 2.45) is 11.8 Å². The molecule has 1 fully saturated rings. The van der Waals surface area contributed by atoms with Crippen LogP contribution in [0, 0.1) is 11.8 Å². The molecule has 1 rings (SSSR count). The minimum absolute atomic E-state index is 0.0693. The van der Waals surface area contributed by atoms with Crippen LogP contribution in [0.25, 0.3) is 0 Å². The van der Waals surface area contributed by atoms with Crippen molar-refractivity contribution in [2.45, 2.75) is 51.1 Å². The summed E-state index contributed by atoms with van der Waals surface area (Å²) >= 11 is 0.0693. The molecule has 0 bridgehead atoms. The molecule has 1 nitrogen and oxygen atoms in total. The van der Waals surface area contributed by atoms with Crippen LogP contribution in [0.1, 0.15) is 39.5 Å². The van der Waals surface area contributed by atoms with E-state index in [1.54, 1.807) is 0 Å². The summed E-state index contributed by atoms with van der Waals surface area (Å²) in [5.74, 6) is 1.35. The third-order valence-corrected chi connectivity index (χ3v) is 4.19. The van der Waals surface area contributed by atoms with E-state index in [9.17, 15) is 13.2 Å². The first-order chi connectivity index (χ1) is 7.90. The van der Waals surface area contributed by atoms with Crippen molar-refractivity contribution in [3.63, 3.8) is 0 Å². The molecule has 0 aromatic heterocycles. The number of thioether (sulfide) groups is 1. The van der Waals surface area contributed by atoms with Gasteiger partial charge < -0.3 is 5.32 Å². The lowest BCUT2D eigenvalue weighted by atomic mass is 9.78. The van der Waals surface area contributed by atoms with E-state index in [1.807, 2.05) is 0 Å². The van der Waals surface area contributed by atoms with Crippen molar-refractivity contribution in [2.75, 3.05) is 12.3 Å². The fourth-order valence-corrected chi connectivity index (χ4v) is 3.07. The van der Waals surface area contributed by atoms with Crippen molar-refractivity contribution in [3.8, 4) is 0 Å². The Bertz CT molecular complexity index is 218. The van der Waals surface area contributed by atoms with Crippen molar-refractivity contribution < 1.29 is 13.2 Å². The average molecular weight is 269 g/mol. The standard InChI is InChI=1S/C12H22F3NS/c1-9(2)10-5-3-4-6-11(10)16-7-8-17-12(13,14)15/h9-11,16H,3-8H2,1-2H3. The van der Waals surface area contributed by atoms with Gasteiger partial charge in [0.25, 0.3) is 0 Å². The van der Waals surface area contributed by atoms with Gasteiger partial charge in [0.15, 0.2) is 0 Å². The number of hydrogen-bond donors (Lipinski definition) is 1. The van der Waals surface area contributed by atoms with Gasteiger partial charge in [-0.1, -0.05) is 26.7 Å². The van der Waals surface area contributed by atoms with E-state index < -0.39 is 5.51 Å². The Labute approximate surface area is 106 Å². The van der Waals surface area contributed by atoms with Gasteiger partial charge in [-0.05, 0) is 36.4 Å². The fraction of sp³-hybridized carbons (Fsp3) is 1.00. The molecule has 0 spiro atoms. The van der Waals surface area contributed by atoms with Gasteiger partial charge in [0, 0.05) is 18.3 Å². The molecule has 0 aliphatic heterocycles. The molecule has 0 amide bonds. The topological polar surface area (TPSA) is 12.0 Å². The SMILES string of the molecule is CC(C)C1CCCCC1NCCSC(F)(F)F. The van der Waals surface area contributed by atoms with E-state index in [0.29, 0.717) is 24.4 Å². The van der Waals surface area contributed by atoms with Gasteiger partial charge >= 0.3 is 5.51 Å². The molecule has 0 saturated heterocycles. The quantitative estimate of drug-likeness (QED) is 0.756. The second-order valence-corrected chi connectivity index (χ2v) is 6.21. The Morgan fingerprint density at radius 1 is 1.24 bits per heavy atom. The van der Waals surface area contributed by atoms with Crippen LogP contribution < -0.4 is 5.32 Å². The summed E-state index contributed by atoms with van der Waals surface area (Å²) in [6, 6.07) is 0.414. The van der Waals surface area contributed by atoms with Gasteiger partial charge in [-0.25, -0.2) is 0 Å². The molecule has 17 heavy (non-hydrogen) atoms. The molecular formula is C12H22F3NS. The van der Waals surface area contributed by atoms with Crippen molar-refractivity contribution in [1.82, 2.24) is 5.32 Å². The van der Waals surface area contributed by atoms with Gasteiger partial charge in [0.05, 0.1) is 0 Å². The zero-order chi connectivity index (χ0) is 12.9. The van der Waals surface area contributed by atoms with Gasteiger partial charge in [-0.3, -0.25) is 0 Å². The van der Waals surface area contributed by atoms with E-state index in [4.69, 9.17) is 0 Å². The van der Waals surface area contributed by atoms with Crippen LogP contribution in [0.4, 0.5) is 13.2 Å². The number of alkyl halides is 3. The minimum Gasteiger partial charge on any atom is -0.313 e. The molecule has 1 saturated carbocycles. The summed E-state index contributed by atoms with van der Waals surface area (Å²) < 4.78 is 35.9. The predicted octanol–water partition coefficient (Wildman–Crippen LogP) is 4.04. The number of hydrogen-bond acceptors (Lipinski definition) is 2. The van der Waals surface area contributed by atoms with Crippen LogP contribution >= 0.6 is 11.8 Å². The first-order valence-electron chi connectivity index (χ1n) is 6.34. The molecule has 0 aromatic carbocycles. The van der Waals surface area contributed by atoms with Crippen LogP contribution in [-0.4, -0.2) is 23.8 Å². The van der Waals surface area contributed by atoms with E-state index >= 15 is 0 Å². The summed E-state index contributed by atoms with van der Waals surface area (Å²) in [6.07, 6.45) is 4.78. The smallest absolute Gasteiger partial charge is 0.313 e. The lowest BCUT2D eigenvalue weighted by Gasteiger charge is -2.35. The van der Waals surface area contributed by atoms with Crippen LogP contribution in [0.15, 0.2) is 0 Å². The molecule has 1 N–H and O–H groups in total. The summed E-state index contributed by atoms with van der Waals surface area (Å²) in [5, 5.41) is 3.30. The largest absolute Gasteiger partial charge is 0.441 e. The Morgan fingerprint density at radius 3 is 2.47 bits per heavy atom. The van der Waals surface area contributed by atoms with Crippen molar-refractivity contribution >= 4 is 11.8 Å². The Kier molecular flexibility index (Phi) is 6.13. The molecule has 5 heteroatoms. The highest BCUT2D eigenvalue weighted by Gasteiger charge is 2.29. The van der Waals surface area contributed by atoms with Crippen LogP contribution in [-0.2, 0) is 0 Å². The van der Waals surface area contributed by atoms with E-state index in [0.717, 1.165) is 6.42 Å². The highest BCUT2D eigenvalue weighted by atomic mass is 32.2. The predicted molar refractivity (Wildman–Crippen MR) is 67.1 cm³/mol. The molecule has 1 aliphatic carbocycles. The second kappa shape index (κ2) is 6.88. The molecule has 102 valence electrons. The minimum atomic E-state index is -4.09. The molecule has 1 aliphatic rings. The lowest BCUT2D eigenvalue weighted by molar-refractivity contribution is -0.0327. The summed E-state index contributed by atoms with van der Waals surface area (Å²) in [5.41, 5.74) is -4.09. The third kappa shape index (κ3) is 6.00. The van der Waals surface area contributed by atoms with Crippen molar-refractivity contribution in [3.05, 3.63) is 0 Å². The number of rotatable bonds is 5. The van der Waals surface area contributed by atoms with E-state index in [-0.39, 0.29) is 17.5 Å². The average Bonchev–Trinajstić information content (AvgIpc) is 2.23. The fourth-order valence-electron chi connectivity index (χ4n) is 2.62. The molecule has 2 atom stereocenters. The Balaban J connectivity index is 2.24. The van der Waals surface area contributed by atoms with E-state index in [1.165, 1.54) is 19.3 Å². The second-order valence-electron chi connectivity index (χ2n) is 5.05. The maximum Gasteiger partial charge on any atom is 0.441 e. The number of nitrogens with one attached hydrogen (secondary N) is 1. The van der Waals surface area contributed by atoms with Gasteiger partial charge in [-0.2, -0.15) is 13.2 Å². The van der Waals surface area contributed by atoms with Crippen LogP contribution in [0.2, 0.25) is 0 Å². The molecule has 2 unspecified atom stereocenters. The Hall–Kier alpha value is 0.100. The normalized spacial score (nSPS) is 26.5. The summed E-state index contributed by atoms with van der Waals surface area (Å²) in [7, 11) is 0. The zero-order valence-electron chi connectivity index (χ0n) is 10.5. The van der Waals surface area contributed by atoms with Crippen LogP contribution in [0.5, 0.6) is 0 Å². The Morgan fingerprint density at radius 2 is 1.88 bits per heavy atom. The van der Waals surface area contributed by atoms with Crippen LogP contribution in [0.3, 0.4) is 0 Å². The van der Waals surface area contributed by atoms with Gasteiger partial charge in [-0.15, -0.1) is 0 Å². The zero-order valence-corrected chi connectivity index (χ0v) is 11.3. The first-order valence-corrected chi connectivity index (χ1v) is 7.33. The molecular weight excluding hydrogens is 247 g/mol. The van der Waals surface area contributed by atoms with Gasteiger partial charge in [0.2, 0.25) is 0 Å². The third-order valence-electron chi connectivity index (χ3n) is 3.45. The van der Waals surface area contributed by atoms with Gasteiger partial charge in [0.1, 0.15) is 0 Å². The molecule has 0 heterocycles. The lowest BCUT2D eigenvalue weighted by Crippen LogP contribution is -2.41. The number of halogens is 3. The highest BCUT2D eigenvalue weighted by Crippen LogP contribution is 2.31. The van der Waals surface area contributed by atoms with Crippen molar-refractivity contribution in [1.29, 1.82) is 0 Å². The summed E-state index contributed by atoms with van der Waals surface area (Å²) in [6.45, 7) is 4.86.